The van der Waals surface area contributed by atoms with Crippen LogP contribution in [0.4, 0.5) is 0 Å². The number of allylic oxidation sites excluding steroid dienone is 1. The van der Waals surface area contributed by atoms with Crippen LogP contribution in [0, 0.1) is 20.8 Å². The van der Waals surface area contributed by atoms with Gasteiger partial charge in [-0.25, -0.2) is 0 Å². The van der Waals surface area contributed by atoms with E-state index in [2.05, 4.69) is 0 Å². The normalized spacial score (nSPS) is 17.6. The molecule has 3 nitrogen and oxygen atoms in total. The zero-order chi connectivity index (χ0) is 18.0. The second-order valence-electron chi connectivity index (χ2n) is 6.45. The average Bonchev–Trinajstić information content (AvgIpc) is 2.55. The molecule has 1 unspecified atom stereocenters. The molecule has 4 heteroatoms. The second-order valence-corrected chi connectivity index (χ2v) is 7.54. The summed E-state index contributed by atoms with van der Waals surface area (Å²) in [5, 5.41) is 10.4. The zero-order valence-electron chi connectivity index (χ0n) is 14.7. The standard InChI is InChI=1S/C21H22O3S/c1-13-9-14(2)19(15(3)10-13)20-18(22)11-16(24-21(20)23)12-25-17-7-5-4-6-8-17/h4-10,16,23H,11-12H2,1-3H3. The smallest absolute Gasteiger partial charge is 0.288 e. The molecule has 0 saturated heterocycles. The fourth-order valence-electron chi connectivity index (χ4n) is 3.31. The van der Waals surface area contributed by atoms with Crippen molar-refractivity contribution in [2.24, 2.45) is 0 Å². The number of carbonyl (C=O) groups excluding carboxylic acids is 1. The van der Waals surface area contributed by atoms with E-state index in [4.69, 9.17) is 4.74 Å². The highest BCUT2D eigenvalue weighted by Crippen LogP contribution is 2.34. The number of ether oxygens (including phenoxy) is 1. The first-order chi connectivity index (χ1) is 12.0. The molecule has 0 spiro atoms. The number of rotatable bonds is 4. The molecule has 1 atom stereocenters. The first-order valence-electron chi connectivity index (χ1n) is 8.35. The number of aliphatic hydroxyl groups is 1. The Morgan fingerprint density at radius 2 is 1.76 bits per heavy atom. The second kappa shape index (κ2) is 7.36. The van der Waals surface area contributed by atoms with Gasteiger partial charge in [0.05, 0.1) is 0 Å². The third-order valence-corrected chi connectivity index (χ3v) is 5.43. The van der Waals surface area contributed by atoms with Crippen molar-refractivity contribution >= 4 is 23.1 Å². The van der Waals surface area contributed by atoms with Gasteiger partial charge in [-0.1, -0.05) is 35.9 Å². The van der Waals surface area contributed by atoms with Crippen LogP contribution in [0.25, 0.3) is 5.57 Å². The highest BCUT2D eigenvalue weighted by Gasteiger charge is 2.31. The first-order valence-corrected chi connectivity index (χ1v) is 9.33. The minimum atomic E-state index is -0.312. The Hall–Kier alpha value is -2.20. The quantitative estimate of drug-likeness (QED) is 0.786. The van der Waals surface area contributed by atoms with E-state index in [1.54, 1.807) is 11.8 Å². The minimum absolute atomic E-state index is 0.0579. The minimum Gasteiger partial charge on any atom is -0.480 e. The highest BCUT2D eigenvalue weighted by atomic mass is 32.2. The van der Waals surface area contributed by atoms with Gasteiger partial charge in [-0.3, -0.25) is 4.79 Å². The van der Waals surface area contributed by atoms with Crippen LogP contribution in [0.1, 0.15) is 28.7 Å². The number of ketones is 1. The number of thioether (sulfide) groups is 1. The van der Waals surface area contributed by atoms with Crippen molar-refractivity contribution in [3.8, 4) is 0 Å². The molecule has 0 saturated carbocycles. The van der Waals surface area contributed by atoms with Crippen LogP contribution >= 0.6 is 11.8 Å². The summed E-state index contributed by atoms with van der Waals surface area (Å²) in [4.78, 5) is 13.8. The molecular formula is C21H22O3S. The number of hydrogen-bond acceptors (Lipinski definition) is 4. The fraction of sp³-hybridized carbons (Fsp3) is 0.286. The van der Waals surface area contributed by atoms with E-state index < -0.39 is 0 Å². The third-order valence-electron chi connectivity index (χ3n) is 4.29. The lowest BCUT2D eigenvalue weighted by molar-refractivity contribution is -0.118. The molecular weight excluding hydrogens is 332 g/mol. The van der Waals surface area contributed by atoms with Gasteiger partial charge in [-0.2, -0.15) is 0 Å². The summed E-state index contributed by atoms with van der Waals surface area (Å²) >= 11 is 1.63. The van der Waals surface area contributed by atoms with Crippen molar-refractivity contribution in [2.45, 2.75) is 38.2 Å². The van der Waals surface area contributed by atoms with Crippen molar-refractivity contribution in [2.75, 3.05) is 5.75 Å². The molecule has 1 N–H and O–H groups in total. The van der Waals surface area contributed by atoms with Crippen molar-refractivity contribution in [1.82, 2.24) is 0 Å². The molecule has 0 amide bonds. The summed E-state index contributed by atoms with van der Waals surface area (Å²) < 4.78 is 5.68. The molecule has 0 aliphatic carbocycles. The fourth-order valence-corrected chi connectivity index (χ4v) is 4.22. The van der Waals surface area contributed by atoms with Crippen molar-refractivity contribution < 1.29 is 14.6 Å². The predicted octanol–water partition coefficient (Wildman–Crippen LogP) is 4.99. The van der Waals surface area contributed by atoms with Gasteiger partial charge in [0.2, 0.25) is 0 Å². The SMILES string of the molecule is Cc1cc(C)c(C2=C(O)OC(CSc3ccccc3)CC2=O)c(C)c1. The number of aliphatic hydroxyl groups excluding tert-OH is 1. The molecule has 25 heavy (non-hydrogen) atoms. The number of benzene rings is 2. The number of Topliss-reactive ketones (excluding diaryl/α,β-unsaturated/α-hetero) is 1. The van der Waals surface area contributed by atoms with E-state index in [0.29, 0.717) is 11.3 Å². The summed E-state index contributed by atoms with van der Waals surface area (Å²) in [6.07, 6.45) is -0.0288. The number of aryl methyl sites for hydroxylation is 3. The Kier molecular flexibility index (Phi) is 5.19. The molecule has 2 aromatic carbocycles. The van der Waals surface area contributed by atoms with Gasteiger partial charge < -0.3 is 9.84 Å². The van der Waals surface area contributed by atoms with E-state index in [-0.39, 0.29) is 24.3 Å². The van der Waals surface area contributed by atoms with Gasteiger partial charge in [-0.05, 0) is 49.6 Å². The first kappa shape index (κ1) is 17.6. The maximum Gasteiger partial charge on any atom is 0.288 e. The lowest BCUT2D eigenvalue weighted by Crippen LogP contribution is -2.27. The Morgan fingerprint density at radius 1 is 1.12 bits per heavy atom. The van der Waals surface area contributed by atoms with Gasteiger partial charge in [-0.15, -0.1) is 11.8 Å². The molecule has 0 aromatic heterocycles. The van der Waals surface area contributed by atoms with Crippen LogP contribution in [0.15, 0.2) is 53.3 Å². The van der Waals surface area contributed by atoms with Gasteiger partial charge >= 0.3 is 0 Å². The highest BCUT2D eigenvalue weighted by molar-refractivity contribution is 7.99. The number of hydrogen-bond donors (Lipinski definition) is 1. The summed E-state index contributed by atoms with van der Waals surface area (Å²) in [6.45, 7) is 5.94. The van der Waals surface area contributed by atoms with Gasteiger partial charge in [0.1, 0.15) is 11.7 Å². The Bertz CT molecular complexity index is 801. The molecule has 130 valence electrons. The Balaban J connectivity index is 1.80. The Labute approximate surface area is 152 Å². The zero-order valence-corrected chi connectivity index (χ0v) is 15.5. The van der Waals surface area contributed by atoms with Gasteiger partial charge in [0, 0.05) is 17.1 Å². The topological polar surface area (TPSA) is 46.5 Å². The molecule has 0 bridgehead atoms. The largest absolute Gasteiger partial charge is 0.480 e. The monoisotopic (exact) mass is 354 g/mol. The van der Waals surface area contributed by atoms with E-state index in [1.807, 2.05) is 63.2 Å². The Morgan fingerprint density at radius 3 is 2.36 bits per heavy atom. The van der Waals surface area contributed by atoms with Crippen molar-refractivity contribution in [3.63, 3.8) is 0 Å². The molecule has 1 heterocycles. The predicted molar refractivity (Wildman–Crippen MR) is 102 cm³/mol. The maximum absolute atomic E-state index is 12.7. The van der Waals surface area contributed by atoms with Crippen molar-refractivity contribution in [3.05, 3.63) is 70.7 Å². The van der Waals surface area contributed by atoms with Crippen LogP contribution in [0.5, 0.6) is 0 Å². The van der Waals surface area contributed by atoms with E-state index >= 15 is 0 Å². The molecule has 1 aliphatic rings. The van der Waals surface area contributed by atoms with Crippen LogP contribution in [-0.2, 0) is 9.53 Å². The molecule has 2 aromatic rings. The molecule has 0 fully saturated rings. The van der Waals surface area contributed by atoms with Gasteiger partial charge in [0.15, 0.2) is 5.78 Å². The molecule has 0 radical (unpaired) electrons. The van der Waals surface area contributed by atoms with Gasteiger partial charge in [0.25, 0.3) is 5.95 Å². The van der Waals surface area contributed by atoms with Crippen LogP contribution in [0.2, 0.25) is 0 Å². The van der Waals surface area contributed by atoms with Crippen LogP contribution < -0.4 is 0 Å². The number of carbonyl (C=O) groups is 1. The van der Waals surface area contributed by atoms with Crippen molar-refractivity contribution in [1.29, 1.82) is 0 Å². The summed E-state index contributed by atoms with van der Waals surface area (Å²) in [5.74, 6) is 0.321. The molecule has 1 aliphatic heterocycles. The van der Waals surface area contributed by atoms with E-state index in [9.17, 15) is 9.90 Å². The van der Waals surface area contributed by atoms with E-state index in [1.165, 1.54) is 0 Å². The molecule has 3 rings (SSSR count). The lowest BCUT2D eigenvalue weighted by Gasteiger charge is -2.26. The average molecular weight is 354 g/mol. The lowest BCUT2D eigenvalue weighted by atomic mass is 9.89. The van der Waals surface area contributed by atoms with E-state index in [0.717, 1.165) is 27.1 Å². The summed E-state index contributed by atoms with van der Waals surface area (Å²) in [7, 11) is 0. The van der Waals surface area contributed by atoms with Crippen LogP contribution in [-0.4, -0.2) is 22.7 Å². The summed E-state index contributed by atoms with van der Waals surface area (Å²) in [5.41, 5.74) is 4.21. The summed E-state index contributed by atoms with van der Waals surface area (Å²) in [6, 6.07) is 14.0. The maximum atomic E-state index is 12.7. The third kappa shape index (κ3) is 3.90. The van der Waals surface area contributed by atoms with Crippen LogP contribution in [0.3, 0.4) is 0 Å².